The van der Waals surface area contributed by atoms with Crippen molar-refractivity contribution in [3.05, 3.63) is 0 Å². The van der Waals surface area contributed by atoms with E-state index in [2.05, 4.69) is 77.5 Å². The molecule has 106 valence electrons. The summed E-state index contributed by atoms with van der Waals surface area (Å²) in [4.78, 5) is 30.0. The van der Waals surface area contributed by atoms with E-state index in [-0.39, 0.29) is 19.8 Å². The smallest absolute Gasteiger partial charge is 0.281 e. The summed E-state index contributed by atoms with van der Waals surface area (Å²) < 4.78 is 0. The minimum absolute atomic E-state index is 0. The Hall–Kier alpha value is -0.690. The van der Waals surface area contributed by atoms with Gasteiger partial charge in [-0.25, -0.2) is 0 Å². The first-order valence-electron chi connectivity index (χ1n) is 4.57. The fourth-order valence-corrected chi connectivity index (χ4v) is 3.38. The van der Waals surface area contributed by atoms with Gasteiger partial charge < -0.3 is 0 Å². The second kappa shape index (κ2) is 26.0. The Morgan fingerprint density at radius 3 is 0.684 bits per heavy atom. The molecule has 0 aromatic rings. The van der Waals surface area contributed by atoms with Gasteiger partial charge in [-0.1, -0.05) is 39.3 Å². The summed E-state index contributed by atoms with van der Waals surface area (Å²) in [6.07, 6.45) is 0. The minimum Gasteiger partial charge on any atom is -0.281 e. The first kappa shape index (κ1) is 36.2. The first-order chi connectivity index (χ1) is 8.21. The van der Waals surface area contributed by atoms with Crippen LogP contribution in [0, 0.1) is 11.1 Å². The van der Waals surface area contributed by atoms with Crippen molar-refractivity contribution >= 4 is 43.3 Å². The van der Waals surface area contributed by atoms with Crippen LogP contribution < -0.4 is 0 Å². The molecular formula is C12H18O4OsSi2. The molecule has 0 heterocycles. The van der Waals surface area contributed by atoms with Gasteiger partial charge in [0.05, 0.1) is 0 Å². The maximum absolute atomic E-state index is 7.50. The van der Waals surface area contributed by atoms with Gasteiger partial charge in [-0.05, 0) is 0 Å². The fraction of sp³-hybridized carbons (Fsp3) is 0.500. The maximum Gasteiger partial charge on any atom is 0.281 e. The van der Waals surface area contributed by atoms with E-state index in [1.165, 1.54) is 0 Å². The van der Waals surface area contributed by atoms with E-state index >= 15 is 0 Å². The number of rotatable bonds is 0. The van der Waals surface area contributed by atoms with Crippen LogP contribution in [0.2, 0.25) is 39.3 Å². The molecule has 4 nitrogen and oxygen atoms in total. The van der Waals surface area contributed by atoms with Crippen LogP contribution in [0.4, 0.5) is 0 Å². The quantitative estimate of drug-likeness (QED) is 0.392. The Labute approximate surface area is 132 Å². The molecule has 0 N–H and O–H groups in total. The average molecular weight is 473 g/mol. The van der Waals surface area contributed by atoms with Crippen molar-refractivity contribution in [1.82, 2.24) is 0 Å². The van der Waals surface area contributed by atoms with Crippen LogP contribution in [0.5, 0.6) is 0 Å². The summed E-state index contributed by atoms with van der Waals surface area (Å²) in [6, 6.07) is 0. The van der Waals surface area contributed by atoms with Crippen molar-refractivity contribution < 1.29 is 39.0 Å². The molecule has 0 atom stereocenters. The zero-order valence-electron chi connectivity index (χ0n) is 12.0. The van der Waals surface area contributed by atoms with E-state index in [9.17, 15) is 0 Å². The molecule has 0 aliphatic heterocycles. The SMILES string of the molecule is C[Si](C)(C)C#C[Si](C)(C)C.[C]=O.[C]=O.[C]=O.[C]=O.[Os]. The molecule has 7 heteroatoms. The van der Waals surface area contributed by atoms with E-state index in [4.69, 9.17) is 19.2 Å². The summed E-state index contributed by atoms with van der Waals surface area (Å²) in [5.41, 5.74) is 6.82. The van der Waals surface area contributed by atoms with Gasteiger partial charge in [0.15, 0.2) is 0 Å². The van der Waals surface area contributed by atoms with Gasteiger partial charge in [-0.3, -0.25) is 19.2 Å². The Kier molecular flexibility index (Phi) is 49.5. The Morgan fingerprint density at radius 1 is 0.526 bits per heavy atom. The van der Waals surface area contributed by atoms with Gasteiger partial charge in [-0.15, -0.1) is 11.1 Å². The second-order valence-corrected chi connectivity index (χ2v) is 14.2. The standard InChI is InChI=1S/C8H18Si2.4CO.Os/c1-9(2,3)7-8-10(4,5)6;4*1-2;/h1-6H3;;;;;. The van der Waals surface area contributed by atoms with Gasteiger partial charge >= 0.3 is 0 Å². The van der Waals surface area contributed by atoms with E-state index in [1.807, 2.05) is 0 Å². The van der Waals surface area contributed by atoms with Gasteiger partial charge in [-0.2, -0.15) is 0 Å². The summed E-state index contributed by atoms with van der Waals surface area (Å²) in [7, 11) is -2.19. The molecule has 0 aliphatic carbocycles. The molecule has 0 fully saturated rings. The third kappa shape index (κ3) is 102. The van der Waals surface area contributed by atoms with Crippen LogP contribution in [0.1, 0.15) is 0 Å². The first-order valence-corrected chi connectivity index (χ1v) is 11.6. The molecule has 0 unspecified atom stereocenters. The molecule has 0 saturated carbocycles. The monoisotopic (exact) mass is 474 g/mol. The molecule has 8 radical (unpaired) electrons. The van der Waals surface area contributed by atoms with E-state index in [1.54, 1.807) is 0 Å². The molecule has 0 aromatic carbocycles. The van der Waals surface area contributed by atoms with E-state index in [0.29, 0.717) is 0 Å². The van der Waals surface area contributed by atoms with E-state index in [0.717, 1.165) is 0 Å². The maximum atomic E-state index is 7.50. The second-order valence-electron chi connectivity index (χ2n) is 4.75. The van der Waals surface area contributed by atoms with Crippen LogP contribution in [0.25, 0.3) is 0 Å². The third-order valence-corrected chi connectivity index (χ3v) is 2.81. The van der Waals surface area contributed by atoms with Crippen molar-refractivity contribution in [2.24, 2.45) is 0 Å². The Balaban J connectivity index is -0.0000000401. The minimum atomic E-state index is -1.09. The number of hydrogen-bond acceptors (Lipinski definition) is 4. The Morgan fingerprint density at radius 2 is 0.632 bits per heavy atom. The third-order valence-electron chi connectivity index (χ3n) is 0.812. The molecule has 0 aromatic heterocycles. The van der Waals surface area contributed by atoms with Crippen LogP contribution in [-0.2, 0) is 39.0 Å². The topological polar surface area (TPSA) is 68.3 Å². The predicted octanol–water partition coefficient (Wildman–Crippen LogP) is 1.15. The van der Waals surface area contributed by atoms with Crippen molar-refractivity contribution in [3.8, 4) is 11.1 Å². The Bertz CT molecular complexity index is 201. The molecule has 0 amide bonds. The molecular weight excluding hydrogens is 455 g/mol. The molecule has 0 spiro atoms. The van der Waals surface area contributed by atoms with Gasteiger partial charge in [0.2, 0.25) is 0 Å². The molecule has 19 heavy (non-hydrogen) atoms. The normalized spacial score (nSPS) is 7.26. The largest absolute Gasteiger partial charge is 0.281 e. The molecule has 0 aliphatic rings. The van der Waals surface area contributed by atoms with Crippen LogP contribution in [0.15, 0.2) is 0 Å². The molecule has 0 saturated heterocycles. The van der Waals surface area contributed by atoms with Crippen LogP contribution >= 0.6 is 0 Å². The number of carbonyl (C=O) groups excluding carboxylic acids is 4. The fourth-order valence-electron chi connectivity index (χ4n) is 0.375. The average Bonchev–Trinajstić information content (AvgIpc) is 2.35. The molecule has 0 bridgehead atoms. The van der Waals surface area contributed by atoms with Crippen molar-refractivity contribution in [3.63, 3.8) is 0 Å². The van der Waals surface area contributed by atoms with Gasteiger partial charge in [0.25, 0.3) is 27.2 Å². The predicted molar refractivity (Wildman–Crippen MR) is 77.2 cm³/mol. The summed E-state index contributed by atoms with van der Waals surface area (Å²) in [5.74, 6) is 0. The van der Waals surface area contributed by atoms with Crippen molar-refractivity contribution in [2.45, 2.75) is 39.3 Å². The zero-order valence-corrected chi connectivity index (χ0v) is 16.5. The van der Waals surface area contributed by atoms with Crippen LogP contribution in [0.3, 0.4) is 0 Å². The van der Waals surface area contributed by atoms with Gasteiger partial charge in [0, 0.05) is 19.8 Å². The van der Waals surface area contributed by atoms with Crippen molar-refractivity contribution in [1.29, 1.82) is 0 Å². The van der Waals surface area contributed by atoms with Crippen molar-refractivity contribution in [2.75, 3.05) is 0 Å². The van der Waals surface area contributed by atoms with Gasteiger partial charge in [0.1, 0.15) is 16.1 Å². The van der Waals surface area contributed by atoms with Crippen LogP contribution in [-0.4, -0.2) is 43.3 Å². The number of hydrogen-bond donors (Lipinski definition) is 0. The summed E-state index contributed by atoms with van der Waals surface area (Å²) in [6.45, 7) is 31.8. The summed E-state index contributed by atoms with van der Waals surface area (Å²) in [5, 5.41) is 0. The summed E-state index contributed by atoms with van der Waals surface area (Å²) >= 11 is 0. The van der Waals surface area contributed by atoms with E-state index < -0.39 is 16.1 Å². The zero-order chi connectivity index (χ0) is 16.4. The molecule has 0 rings (SSSR count).